The van der Waals surface area contributed by atoms with Crippen molar-refractivity contribution in [1.82, 2.24) is 14.3 Å². The number of β-lactam (4-membered cyclic amide) rings is 1. The third kappa shape index (κ3) is 2.98. The Balaban J connectivity index is 0.00000210. The van der Waals surface area contributed by atoms with Gasteiger partial charge in [-0.3, -0.25) is 9.20 Å². The minimum Gasteiger partial charge on any atom is -0.610 e. The standard InChI is InChI=1S/C16H17N3O5S2.Na/c1-6(20)11-9-4-8(12(16(22)23)19(9)14(11)21)10-5-18-7(2)17-13(26(3)24)15(18)25-10;/h5-6,9,11,20H,4H2,1-3H3,(H,22,23);/q;+1/p-1/t6-,9-,11-,26?;/m1./s1. The summed E-state index contributed by atoms with van der Waals surface area (Å²) in [6.07, 6.45) is 2.79. The summed E-state index contributed by atoms with van der Waals surface area (Å²) in [6, 6.07) is -0.370. The largest absolute Gasteiger partial charge is 1.00 e. The summed E-state index contributed by atoms with van der Waals surface area (Å²) >= 11 is 0.0206. The number of thiazole rings is 1. The van der Waals surface area contributed by atoms with Crippen LogP contribution in [0.1, 0.15) is 24.0 Å². The number of carbonyl (C=O) groups is 2. The number of hydrogen-bond acceptors (Lipinski definition) is 7. The summed E-state index contributed by atoms with van der Waals surface area (Å²) in [5, 5.41) is 22.0. The number of aryl methyl sites for hydroxylation is 1. The topological polar surface area (TPSA) is 121 Å². The van der Waals surface area contributed by atoms with Gasteiger partial charge in [-0.1, -0.05) is 0 Å². The number of nitrogens with zero attached hydrogens (tertiary/aromatic N) is 3. The smallest absolute Gasteiger partial charge is 0.610 e. The molecule has 2 aromatic rings. The molecule has 0 aromatic carbocycles. The fraction of sp³-hybridized carbons (Fsp3) is 0.438. The van der Waals surface area contributed by atoms with E-state index in [1.54, 1.807) is 23.8 Å². The van der Waals surface area contributed by atoms with Gasteiger partial charge in [-0.2, -0.15) is 4.98 Å². The third-order valence-electron chi connectivity index (χ3n) is 4.96. The average molecular weight is 417 g/mol. The number of carbonyl (C=O) groups excluding carboxylic acids is 2. The van der Waals surface area contributed by atoms with Crippen LogP contribution < -0.4 is 34.7 Å². The van der Waals surface area contributed by atoms with Crippen LogP contribution >= 0.6 is 11.3 Å². The summed E-state index contributed by atoms with van der Waals surface area (Å²) in [5.74, 6) is -1.75. The van der Waals surface area contributed by atoms with Gasteiger partial charge in [-0.15, -0.1) is 11.3 Å². The van der Waals surface area contributed by atoms with E-state index in [1.165, 1.54) is 23.2 Å². The van der Waals surface area contributed by atoms with Crippen molar-refractivity contribution >= 4 is 44.8 Å². The SMILES string of the molecule is Cc1nc([S+](C)[O-])c2sc(C3=C(C(=O)[O-])N4C(=O)[C@H]([C@@H](C)O)[C@H]4C3)cn12.[Na+]. The summed E-state index contributed by atoms with van der Waals surface area (Å²) in [6.45, 7) is 3.31. The molecule has 0 bridgehead atoms. The van der Waals surface area contributed by atoms with Crippen molar-refractivity contribution < 1.29 is 53.9 Å². The fourth-order valence-corrected chi connectivity index (χ4v) is 5.96. The van der Waals surface area contributed by atoms with Crippen molar-refractivity contribution in [2.24, 2.45) is 5.92 Å². The quantitative estimate of drug-likeness (QED) is 0.313. The molecule has 27 heavy (non-hydrogen) atoms. The van der Waals surface area contributed by atoms with E-state index < -0.39 is 35.1 Å². The maximum absolute atomic E-state index is 12.3. The first-order valence-corrected chi connectivity index (χ1v) is 10.4. The van der Waals surface area contributed by atoms with Gasteiger partial charge >= 0.3 is 29.6 Å². The van der Waals surface area contributed by atoms with Crippen LogP contribution in [0.5, 0.6) is 0 Å². The number of aliphatic hydroxyl groups is 1. The number of carboxylic acids is 1. The monoisotopic (exact) mass is 417 g/mol. The van der Waals surface area contributed by atoms with E-state index in [0.29, 0.717) is 32.6 Å². The van der Waals surface area contributed by atoms with Crippen LogP contribution in [0.25, 0.3) is 10.4 Å². The van der Waals surface area contributed by atoms with E-state index in [2.05, 4.69) is 4.98 Å². The van der Waals surface area contributed by atoms with Gasteiger partial charge in [0.15, 0.2) is 4.83 Å². The molecule has 0 radical (unpaired) electrons. The number of amides is 1. The molecule has 11 heteroatoms. The predicted molar refractivity (Wildman–Crippen MR) is 92.5 cm³/mol. The number of carboxylic acid groups (broad SMARTS) is 1. The van der Waals surface area contributed by atoms with Gasteiger partial charge in [0.2, 0.25) is 5.91 Å². The van der Waals surface area contributed by atoms with Gasteiger partial charge in [0, 0.05) is 17.4 Å². The molecule has 4 heterocycles. The second-order valence-corrected chi connectivity index (χ2v) is 8.88. The minimum atomic E-state index is -1.41. The minimum absolute atomic E-state index is 0. The Kier molecular flexibility index (Phi) is 5.54. The second-order valence-electron chi connectivity index (χ2n) is 6.55. The van der Waals surface area contributed by atoms with E-state index >= 15 is 0 Å². The molecule has 1 unspecified atom stereocenters. The maximum Gasteiger partial charge on any atom is 1.00 e. The van der Waals surface area contributed by atoms with Crippen LogP contribution in [0.15, 0.2) is 16.9 Å². The first-order valence-electron chi connectivity index (χ1n) is 8.00. The molecule has 1 saturated heterocycles. The van der Waals surface area contributed by atoms with E-state index in [9.17, 15) is 24.4 Å². The molecule has 0 aliphatic carbocycles. The van der Waals surface area contributed by atoms with Gasteiger partial charge in [-0.25, -0.2) is 0 Å². The van der Waals surface area contributed by atoms with Crippen molar-refractivity contribution in [2.45, 2.75) is 37.4 Å². The van der Waals surface area contributed by atoms with Crippen LogP contribution in [0.2, 0.25) is 0 Å². The van der Waals surface area contributed by atoms with Gasteiger partial charge in [-0.05, 0) is 25.8 Å². The summed E-state index contributed by atoms with van der Waals surface area (Å²) in [4.78, 5) is 30.9. The Labute approximate surface area is 184 Å². The molecule has 1 N–H and O–H groups in total. The van der Waals surface area contributed by atoms with Crippen LogP contribution in [0, 0.1) is 12.8 Å². The van der Waals surface area contributed by atoms with E-state index in [1.807, 2.05) is 0 Å². The molecule has 8 nitrogen and oxygen atoms in total. The number of rotatable bonds is 4. The first kappa shape index (κ1) is 20.8. The van der Waals surface area contributed by atoms with Crippen molar-refractivity contribution in [3.8, 4) is 0 Å². The molecular weight excluding hydrogens is 401 g/mol. The van der Waals surface area contributed by atoms with Crippen LogP contribution in [0.4, 0.5) is 0 Å². The number of aliphatic hydroxyl groups excluding tert-OH is 1. The van der Waals surface area contributed by atoms with Crippen molar-refractivity contribution in [3.05, 3.63) is 22.6 Å². The zero-order chi connectivity index (χ0) is 18.9. The van der Waals surface area contributed by atoms with E-state index in [-0.39, 0.29) is 41.3 Å². The average Bonchev–Trinajstić information content (AvgIpc) is 3.17. The molecule has 2 aliphatic rings. The molecule has 2 aromatic heterocycles. The molecular formula is C16H16N3NaO5S2. The van der Waals surface area contributed by atoms with Crippen LogP contribution in [-0.2, 0) is 20.8 Å². The normalized spacial score (nSPS) is 23.9. The van der Waals surface area contributed by atoms with E-state index in [4.69, 9.17) is 0 Å². The summed E-state index contributed by atoms with van der Waals surface area (Å²) in [5.41, 5.74) is 0.374. The predicted octanol–water partition coefficient (Wildman–Crippen LogP) is -3.48. The van der Waals surface area contributed by atoms with Crippen molar-refractivity contribution in [2.75, 3.05) is 6.26 Å². The second kappa shape index (κ2) is 7.18. The van der Waals surface area contributed by atoms with E-state index in [0.717, 1.165) is 0 Å². The zero-order valence-electron chi connectivity index (χ0n) is 15.3. The van der Waals surface area contributed by atoms with Gasteiger partial charge in [0.1, 0.15) is 12.1 Å². The Morgan fingerprint density at radius 1 is 1.52 bits per heavy atom. The van der Waals surface area contributed by atoms with Gasteiger partial charge < -0.3 is 24.5 Å². The number of aromatic nitrogens is 2. The molecule has 4 atom stereocenters. The third-order valence-corrected chi connectivity index (χ3v) is 7.07. The first-order chi connectivity index (χ1) is 12.2. The summed E-state index contributed by atoms with van der Waals surface area (Å²) < 4.78 is 13.7. The molecule has 1 amide bonds. The molecule has 0 spiro atoms. The number of hydrogen-bond donors (Lipinski definition) is 1. The van der Waals surface area contributed by atoms with Crippen LogP contribution in [0.3, 0.4) is 0 Å². The number of aliphatic carboxylic acids is 1. The van der Waals surface area contributed by atoms with Crippen molar-refractivity contribution in [1.29, 1.82) is 0 Å². The van der Waals surface area contributed by atoms with Gasteiger partial charge in [0.05, 0.1) is 34.6 Å². The van der Waals surface area contributed by atoms with Crippen LogP contribution in [-0.4, -0.2) is 54.2 Å². The molecule has 4 rings (SSSR count). The number of fused-ring (bicyclic) bond motifs is 2. The molecule has 0 saturated carbocycles. The maximum atomic E-state index is 12.3. The Hall–Kier alpha value is -0.880. The number of imidazole rings is 1. The van der Waals surface area contributed by atoms with Crippen molar-refractivity contribution in [3.63, 3.8) is 0 Å². The fourth-order valence-electron chi connectivity index (χ4n) is 3.80. The zero-order valence-corrected chi connectivity index (χ0v) is 18.9. The molecule has 1 fully saturated rings. The Morgan fingerprint density at radius 2 is 2.19 bits per heavy atom. The van der Waals surface area contributed by atoms with Gasteiger partial charge in [0.25, 0.3) is 5.03 Å². The summed E-state index contributed by atoms with van der Waals surface area (Å²) in [7, 11) is 0. The Morgan fingerprint density at radius 3 is 2.74 bits per heavy atom. The molecule has 138 valence electrons. The molecule has 2 aliphatic heterocycles. The Bertz CT molecular complexity index is 980.